The summed E-state index contributed by atoms with van der Waals surface area (Å²) in [7, 11) is 0. The second-order valence-corrected chi connectivity index (χ2v) is 2.61. The van der Waals surface area contributed by atoms with Gasteiger partial charge in [-0.2, -0.15) is 0 Å². The molecule has 0 radical (unpaired) electrons. The maximum atomic E-state index is 5.62. The molecule has 0 heterocycles. The molecule has 2 aromatic carbocycles. The Morgan fingerprint density at radius 3 is 2.15 bits per heavy atom. The number of nitrogen functional groups attached to an aromatic ring is 1. The molecule has 0 atom stereocenters. The molecule has 0 aliphatic rings. The van der Waals surface area contributed by atoms with Crippen LogP contribution >= 0.6 is 0 Å². The van der Waals surface area contributed by atoms with Crippen LogP contribution in [0, 0.1) is 0 Å². The SMILES string of the molecule is Nc1ccc2ccccc2c1.[H-].[H-].[Na+].[Na+]. The molecule has 0 bridgehead atoms. The van der Waals surface area contributed by atoms with Crippen molar-refractivity contribution >= 4 is 16.5 Å². The smallest absolute Gasteiger partial charge is 1.00 e. The molecule has 0 fully saturated rings. The topological polar surface area (TPSA) is 26.0 Å². The fourth-order valence-corrected chi connectivity index (χ4v) is 1.21. The van der Waals surface area contributed by atoms with Gasteiger partial charge < -0.3 is 8.59 Å². The number of benzene rings is 2. The zero-order valence-corrected chi connectivity index (χ0v) is 12.1. The molecule has 0 saturated carbocycles. The third kappa shape index (κ3) is 3.28. The van der Waals surface area contributed by atoms with Gasteiger partial charge in [-0.15, -0.1) is 0 Å². The van der Waals surface area contributed by atoms with Gasteiger partial charge in [0, 0.05) is 5.69 Å². The van der Waals surface area contributed by atoms with Crippen molar-refractivity contribution in [3.8, 4) is 0 Å². The molecule has 0 saturated heterocycles. The average Bonchev–Trinajstić information content (AvgIpc) is 2.04. The van der Waals surface area contributed by atoms with Gasteiger partial charge in [-0.05, 0) is 22.9 Å². The Hall–Kier alpha value is 0.500. The van der Waals surface area contributed by atoms with E-state index in [1.54, 1.807) is 0 Å². The molecule has 0 amide bonds. The summed E-state index contributed by atoms with van der Waals surface area (Å²) in [5.74, 6) is 0. The summed E-state index contributed by atoms with van der Waals surface area (Å²) in [5, 5.41) is 2.44. The zero-order chi connectivity index (χ0) is 7.68. The van der Waals surface area contributed by atoms with Crippen LogP contribution < -0.4 is 64.8 Å². The zero-order valence-electron chi connectivity index (χ0n) is 10.1. The molecule has 0 unspecified atom stereocenters. The van der Waals surface area contributed by atoms with E-state index in [0.29, 0.717) is 0 Å². The van der Waals surface area contributed by atoms with E-state index in [2.05, 4.69) is 12.1 Å². The first-order valence-electron chi connectivity index (χ1n) is 3.60. The number of hydrogen-bond donors (Lipinski definition) is 1. The predicted molar refractivity (Wildman–Crippen MR) is 50.6 cm³/mol. The monoisotopic (exact) mass is 191 g/mol. The average molecular weight is 191 g/mol. The summed E-state index contributed by atoms with van der Waals surface area (Å²) in [6.45, 7) is 0. The van der Waals surface area contributed by atoms with Gasteiger partial charge in [0.25, 0.3) is 0 Å². The van der Waals surface area contributed by atoms with Crippen molar-refractivity contribution in [3.63, 3.8) is 0 Å². The summed E-state index contributed by atoms with van der Waals surface area (Å²) >= 11 is 0. The summed E-state index contributed by atoms with van der Waals surface area (Å²) < 4.78 is 0. The molecule has 0 aliphatic carbocycles. The molecule has 2 N–H and O–H groups in total. The van der Waals surface area contributed by atoms with E-state index in [-0.39, 0.29) is 62.0 Å². The minimum atomic E-state index is 0. The number of fused-ring (bicyclic) bond motifs is 1. The summed E-state index contributed by atoms with van der Waals surface area (Å²) in [4.78, 5) is 0. The third-order valence-electron chi connectivity index (χ3n) is 1.77. The van der Waals surface area contributed by atoms with Gasteiger partial charge in [0.05, 0.1) is 0 Å². The molecule has 0 aromatic heterocycles. The van der Waals surface area contributed by atoms with Crippen molar-refractivity contribution in [2.75, 3.05) is 5.73 Å². The van der Waals surface area contributed by atoms with Gasteiger partial charge in [0.1, 0.15) is 0 Å². The van der Waals surface area contributed by atoms with Gasteiger partial charge in [0.15, 0.2) is 0 Å². The van der Waals surface area contributed by atoms with E-state index < -0.39 is 0 Å². The van der Waals surface area contributed by atoms with Crippen molar-refractivity contribution in [1.82, 2.24) is 0 Å². The van der Waals surface area contributed by atoms with Crippen molar-refractivity contribution in [2.45, 2.75) is 0 Å². The Kier molecular flexibility index (Phi) is 6.31. The van der Waals surface area contributed by atoms with Gasteiger partial charge in [-0.25, -0.2) is 0 Å². The Morgan fingerprint density at radius 1 is 0.846 bits per heavy atom. The molecule has 1 nitrogen and oxygen atoms in total. The molecule has 13 heavy (non-hydrogen) atoms. The van der Waals surface area contributed by atoms with Gasteiger partial charge in [-0.1, -0.05) is 30.3 Å². The van der Waals surface area contributed by atoms with Crippen LogP contribution in [0.15, 0.2) is 42.5 Å². The van der Waals surface area contributed by atoms with E-state index >= 15 is 0 Å². The van der Waals surface area contributed by atoms with Crippen LogP contribution in [-0.4, -0.2) is 0 Å². The largest absolute Gasteiger partial charge is 1.00 e. The molecule has 58 valence electrons. The number of hydrogen-bond acceptors (Lipinski definition) is 1. The number of nitrogens with two attached hydrogens (primary N) is 1. The standard InChI is InChI=1S/C10H9N.2Na.2H/c11-10-6-5-8-3-1-2-4-9(8)7-10;;;;/h1-7H,11H2;;;;/q;2*+1;2*-1. The minimum Gasteiger partial charge on any atom is -1.00 e. The quantitative estimate of drug-likeness (QED) is 0.342. The Labute approximate surface area is 125 Å². The van der Waals surface area contributed by atoms with Gasteiger partial charge >= 0.3 is 59.1 Å². The number of rotatable bonds is 0. The second kappa shape index (κ2) is 6.07. The van der Waals surface area contributed by atoms with E-state index in [4.69, 9.17) is 5.73 Å². The first-order chi connectivity index (χ1) is 5.36. The van der Waals surface area contributed by atoms with Crippen LogP contribution in [0.4, 0.5) is 5.69 Å². The van der Waals surface area contributed by atoms with Crippen LogP contribution in [0.3, 0.4) is 0 Å². The maximum Gasteiger partial charge on any atom is 1.00 e. The molecule has 0 aliphatic heterocycles. The van der Waals surface area contributed by atoms with Crippen molar-refractivity contribution in [3.05, 3.63) is 42.5 Å². The van der Waals surface area contributed by atoms with Crippen molar-refractivity contribution in [2.24, 2.45) is 0 Å². The molecular formula is C10H11NNa2. The molecule has 2 aromatic rings. The fourth-order valence-electron chi connectivity index (χ4n) is 1.21. The first-order valence-corrected chi connectivity index (χ1v) is 3.60. The van der Waals surface area contributed by atoms with Gasteiger partial charge in [-0.3, -0.25) is 0 Å². The van der Waals surface area contributed by atoms with Crippen LogP contribution in [0.5, 0.6) is 0 Å². The number of anilines is 1. The Morgan fingerprint density at radius 2 is 1.46 bits per heavy atom. The maximum absolute atomic E-state index is 5.62. The third-order valence-corrected chi connectivity index (χ3v) is 1.77. The molecule has 3 heteroatoms. The predicted octanol–water partition coefficient (Wildman–Crippen LogP) is -3.34. The molecule has 2 rings (SSSR count). The van der Waals surface area contributed by atoms with Crippen LogP contribution in [0.2, 0.25) is 0 Å². The first kappa shape index (κ1) is 13.5. The summed E-state index contributed by atoms with van der Waals surface area (Å²) in [6.07, 6.45) is 0. The van der Waals surface area contributed by atoms with Crippen LogP contribution in [0.1, 0.15) is 2.85 Å². The normalized spacial score (nSPS) is 8.62. The van der Waals surface area contributed by atoms with E-state index in [9.17, 15) is 0 Å². The van der Waals surface area contributed by atoms with Crippen LogP contribution in [-0.2, 0) is 0 Å². The minimum absolute atomic E-state index is 0. The van der Waals surface area contributed by atoms with Crippen molar-refractivity contribution < 1.29 is 62.0 Å². The van der Waals surface area contributed by atoms with E-state index in [1.165, 1.54) is 10.8 Å². The second-order valence-electron chi connectivity index (χ2n) is 2.61. The molecule has 0 spiro atoms. The molecular weight excluding hydrogens is 180 g/mol. The Bertz CT molecular complexity index is 396. The van der Waals surface area contributed by atoms with Crippen LogP contribution in [0.25, 0.3) is 10.8 Å². The van der Waals surface area contributed by atoms with E-state index in [1.807, 2.05) is 30.3 Å². The fraction of sp³-hybridized carbons (Fsp3) is 0. The summed E-state index contributed by atoms with van der Waals surface area (Å²) in [6, 6.07) is 14.1. The van der Waals surface area contributed by atoms with Crippen molar-refractivity contribution in [1.29, 1.82) is 0 Å². The Balaban J connectivity index is -0.000000360. The van der Waals surface area contributed by atoms with E-state index in [0.717, 1.165) is 5.69 Å². The van der Waals surface area contributed by atoms with Gasteiger partial charge in [0.2, 0.25) is 0 Å². The summed E-state index contributed by atoms with van der Waals surface area (Å²) in [5.41, 5.74) is 6.45.